The highest BCUT2D eigenvalue weighted by Gasteiger charge is 2.29. The summed E-state index contributed by atoms with van der Waals surface area (Å²) in [7, 11) is 0. The summed E-state index contributed by atoms with van der Waals surface area (Å²) >= 11 is 0. The number of amides is 1. The van der Waals surface area contributed by atoms with Gasteiger partial charge in [-0.15, -0.1) is 0 Å². The standard InChI is InChI=1S/C15H25N3O2/c1-10(2)7-15(3,20)9-17-14(19)13-6-11(16)8-18(13)12-4-5-12/h6,8,10,12,20H,4-5,7,9,16H2,1-3H3,(H,17,19). The molecule has 112 valence electrons. The van der Waals surface area contributed by atoms with Crippen LogP contribution in [0.15, 0.2) is 12.3 Å². The predicted octanol–water partition coefficient (Wildman–Crippen LogP) is 1.93. The van der Waals surface area contributed by atoms with Gasteiger partial charge < -0.3 is 20.7 Å². The minimum absolute atomic E-state index is 0.169. The number of anilines is 1. The van der Waals surface area contributed by atoms with Crippen molar-refractivity contribution in [1.82, 2.24) is 9.88 Å². The first-order chi connectivity index (χ1) is 9.28. The van der Waals surface area contributed by atoms with Crippen LogP contribution in [0.3, 0.4) is 0 Å². The molecule has 2 rings (SSSR count). The van der Waals surface area contributed by atoms with E-state index in [2.05, 4.69) is 19.2 Å². The van der Waals surface area contributed by atoms with Crippen LogP contribution in [-0.2, 0) is 0 Å². The van der Waals surface area contributed by atoms with Gasteiger partial charge in [-0.2, -0.15) is 0 Å². The smallest absolute Gasteiger partial charge is 0.268 e. The van der Waals surface area contributed by atoms with Gasteiger partial charge in [-0.3, -0.25) is 4.79 Å². The zero-order valence-electron chi connectivity index (χ0n) is 12.5. The SMILES string of the molecule is CC(C)CC(C)(O)CNC(=O)c1cc(N)cn1C1CC1. The van der Waals surface area contributed by atoms with Gasteiger partial charge in [-0.1, -0.05) is 13.8 Å². The minimum Gasteiger partial charge on any atom is -0.397 e. The van der Waals surface area contributed by atoms with Gasteiger partial charge in [0.05, 0.1) is 11.3 Å². The van der Waals surface area contributed by atoms with Gasteiger partial charge in [0.15, 0.2) is 0 Å². The summed E-state index contributed by atoms with van der Waals surface area (Å²) in [5.41, 5.74) is 6.09. The summed E-state index contributed by atoms with van der Waals surface area (Å²) in [6, 6.07) is 2.11. The van der Waals surface area contributed by atoms with Crippen molar-refractivity contribution < 1.29 is 9.90 Å². The third-order valence-corrected chi connectivity index (χ3v) is 3.52. The zero-order chi connectivity index (χ0) is 14.9. The molecule has 1 aromatic heterocycles. The van der Waals surface area contributed by atoms with Crippen LogP contribution >= 0.6 is 0 Å². The second-order valence-electron chi connectivity index (χ2n) is 6.57. The Morgan fingerprint density at radius 1 is 1.60 bits per heavy atom. The van der Waals surface area contributed by atoms with Gasteiger partial charge in [0.1, 0.15) is 5.69 Å². The summed E-state index contributed by atoms with van der Waals surface area (Å²) < 4.78 is 1.95. The van der Waals surface area contributed by atoms with Crippen LogP contribution in [-0.4, -0.2) is 27.7 Å². The monoisotopic (exact) mass is 279 g/mol. The molecular weight excluding hydrogens is 254 g/mol. The highest BCUT2D eigenvalue weighted by molar-refractivity contribution is 5.94. The van der Waals surface area contributed by atoms with Crippen molar-refractivity contribution in [2.45, 2.75) is 51.7 Å². The largest absolute Gasteiger partial charge is 0.397 e. The Morgan fingerprint density at radius 3 is 2.80 bits per heavy atom. The molecule has 1 aliphatic rings. The zero-order valence-corrected chi connectivity index (χ0v) is 12.5. The number of nitrogens with zero attached hydrogens (tertiary/aromatic N) is 1. The average Bonchev–Trinajstić information content (AvgIpc) is 3.08. The number of hydrogen-bond donors (Lipinski definition) is 3. The van der Waals surface area contributed by atoms with Gasteiger partial charge in [-0.25, -0.2) is 0 Å². The number of nitrogens with two attached hydrogens (primary N) is 1. The normalized spacial score (nSPS) is 18.1. The molecule has 0 aromatic carbocycles. The van der Waals surface area contributed by atoms with E-state index >= 15 is 0 Å². The molecule has 1 aliphatic carbocycles. The number of carbonyl (C=O) groups excluding carboxylic acids is 1. The number of aliphatic hydroxyl groups is 1. The van der Waals surface area contributed by atoms with Crippen molar-refractivity contribution in [3.8, 4) is 0 Å². The van der Waals surface area contributed by atoms with E-state index in [1.54, 1.807) is 13.0 Å². The molecule has 0 bridgehead atoms. The molecule has 1 saturated carbocycles. The van der Waals surface area contributed by atoms with E-state index in [-0.39, 0.29) is 12.5 Å². The van der Waals surface area contributed by atoms with Crippen LogP contribution in [0.25, 0.3) is 0 Å². The van der Waals surface area contributed by atoms with Crippen molar-refractivity contribution in [3.05, 3.63) is 18.0 Å². The number of aromatic nitrogens is 1. The Labute approximate surface area is 120 Å². The summed E-state index contributed by atoms with van der Waals surface area (Å²) in [6.07, 6.45) is 4.66. The van der Waals surface area contributed by atoms with Gasteiger partial charge in [0.2, 0.25) is 0 Å². The number of nitrogens with one attached hydrogen (secondary N) is 1. The topological polar surface area (TPSA) is 80.3 Å². The fourth-order valence-corrected chi connectivity index (χ4v) is 2.65. The molecule has 0 spiro atoms. The molecule has 0 aliphatic heterocycles. The summed E-state index contributed by atoms with van der Waals surface area (Å²) in [5.74, 6) is 0.213. The second kappa shape index (κ2) is 5.48. The fourth-order valence-electron chi connectivity index (χ4n) is 2.65. The maximum Gasteiger partial charge on any atom is 0.268 e. The molecule has 1 aromatic rings. The quantitative estimate of drug-likeness (QED) is 0.744. The average molecular weight is 279 g/mol. The highest BCUT2D eigenvalue weighted by atomic mass is 16.3. The Balaban J connectivity index is 1.98. The van der Waals surface area contributed by atoms with E-state index in [4.69, 9.17) is 5.73 Å². The fraction of sp³-hybridized carbons (Fsp3) is 0.667. The molecule has 1 unspecified atom stereocenters. The van der Waals surface area contributed by atoms with Crippen LogP contribution in [0.5, 0.6) is 0 Å². The third kappa shape index (κ3) is 3.76. The molecule has 5 heteroatoms. The molecule has 1 amide bonds. The lowest BCUT2D eigenvalue weighted by atomic mass is 9.94. The summed E-state index contributed by atoms with van der Waals surface area (Å²) in [6.45, 7) is 6.10. The number of rotatable bonds is 6. The maximum atomic E-state index is 12.2. The lowest BCUT2D eigenvalue weighted by Gasteiger charge is -2.25. The van der Waals surface area contributed by atoms with Crippen LogP contribution in [0.2, 0.25) is 0 Å². The van der Waals surface area contributed by atoms with E-state index in [1.807, 2.05) is 10.8 Å². The molecule has 0 radical (unpaired) electrons. The summed E-state index contributed by atoms with van der Waals surface area (Å²) in [4.78, 5) is 12.2. The van der Waals surface area contributed by atoms with Crippen LogP contribution in [0.4, 0.5) is 5.69 Å². The van der Waals surface area contributed by atoms with E-state index in [9.17, 15) is 9.90 Å². The first-order valence-corrected chi connectivity index (χ1v) is 7.26. The van der Waals surface area contributed by atoms with E-state index in [0.29, 0.717) is 29.8 Å². The summed E-state index contributed by atoms with van der Waals surface area (Å²) in [5, 5.41) is 13.0. The first kappa shape index (κ1) is 14.9. The van der Waals surface area contributed by atoms with Crippen LogP contribution < -0.4 is 11.1 Å². The molecule has 20 heavy (non-hydrogen) atoms. The lowest BCUT2D eigenvalue weighted by molar-refractivity contribution is 0.0367. The Bertz CT molecular complexity index is 487. The van der Waals surface area contributed by atoms with Gasteiger partial charge >= 0.3 is 0 Å². The van der Waals surface area contributed by atoms with E-state index in [0.717, 1.165) is 12.8 Å². The van der Waals surface area contributed by atoms with Crippen LogP contribution in [0, 0.1) is 5.92 Å². The Hall–Kier alpha value is -1.49. The number of nitrogen functional groups attached to an aromatic ring is 1. The number of hydrogen-bond acceptors (Lipinski definition) is 3. The van der Waals surface area contributed by atoms with Crippen molar-refractivity contribution in [3.63, 3.8) is 0 Å². The van der Waals surface area contributed by atoms with Gasteiger partial charge in [-0.05, 0) is 38.2 Å². The lowest BCUT2D eigenvalue weighted by Crippen LogP contribution is -2.41. The van der Waals surface area contributed by atoms with Crippen molar-refractivity contribution in [2.24, 2.45) is 5.92 Å². The molecule has 1 atom stereocenters. The van der Waals surface area contributed by atoms with Gasteiger partial charge in [0, 0.05) is 18.8 Å². The molecule has 5 nitrogen and oxygen atoms in total. The molecule has 4 N–H and O–H groups in total. The van der Waals surface area contributed by atoms with Gasteiger partial charge in [0.25, 0.3) is 5.91 Å². The Kier molecular flexibility index (Phi) is 4.09. The third-order valence-electron chi connectivity index (χ3n) is 3.52. The predicted molar refractivity (Wildman–Crippen MR) is 79.5 cm³/mol. The van der Waals surface area contributed by atoms with Crippen LogP contribution in [0.1, 0.15) is 56.6 Å². The second-order valence-corrected chi connectivity index (χ2v) is 6.57. The highest BCUT2D eigenvalue weighted by Crippen LogP contribution is 2.37. The molecular formula is C15H25N3O2. The molecule has 1 fully saturated rings. The van der Waals surface area contributed by atoms with E-state index < -0.39 is 5.60 Å². The number of carbonyl (C=O) groups is 1. The first-order valence-electron chi connectivity index (χ1n) is 7.26. The van der Waals surface area contributed by atoms with Crippen molar-refractivity contribution in [2.75, 3.05) is 12.3 Å². The molecule has 0 saturated heterocycles. The Morgan fingerprint density at radius 2 is 2.25 bits per heavy atom. The van der Waals surface area contributed by atoms with Crippen molar-refractivity contribution >= 4 is 11.6 Å². The molecule has 1 heterocycles. The minimum atomic E-state index is -0.883. The van der Waals surface area contributed by atoms with E-state index in [1.165, 1.54) is 0 Å². The van der Waals surface area contributed by atoms with Crippen molar-refractivity contribution in [1.29, 1.82) is 0 Å². The maximum absolute atomic E-state index is 12.2.